The van der Waals surface area contributed by atoms with E-state index in [0.29, 0.717) is 19.3 Å². The van der Waals surface area contributed by atoms with Crippen molar-refractivity contribution in [1.29, 1.82) is 0 Å². The summed E-state index contributed by atoms with van der Waals surface area (Å²) < 4.78 is 16.9. The topological polar surface area (TPSA) is 78.9 Å². The molecule has 0 N–H and O–H groups in total. The monoisotopic (exact) mass is 991 g/mol. The summed E-state index contributed by atoms with van der Waals surface area (Å²) in [4.78, 5) is 38.2. The Labute approximate surface area is 440 Å². The van der Waals surface area contributed by atoms with E-state index in [4.69, 9.17) is 14.2 Å². The van der Waals surface area contributed by atoms with Crippen molar-refractivity contribution < 1.29 is 28.6 Å². The maximum atomic E-state index is 12.9. The molecule has 0 bridgehead atoms. The second kappa shape index (κ2) is 59.4. The molecule has 0 heterocycles. The molecule has 1 atom stereocenters. The third kappa shape index (κ3) is 57.6. The van der Waals surface area contributed by atoms with Crippen LogP contribution in [0.2, 0.25) is 0 Å². The van der Waals surface area contributed by atoms with Crippen molar-refractivity contribution in [3.8, 4) is 0 Å². The highest BCUT2D eigenvalue weighted by atomic mass is 16.6. The average Bonchev–Trinajstić information content (AvgIpc) is 3.37. The molecule has 0 aromatic heterocycles. The van der Waals surface area contributed by atoms with Gasteiger partial charge in [0.05, 0.1) is 0 Å². The lowest BCUT2D eigenvalue weighted by Crippen LogP contribution is -2.30. The maximum absolute atomic E-state index is 12.9. The zero-order valence-corrected chi connectivity index (χ0v) is 47.0. The maximum Gasteiger partial charge on any atom is 0.306 e. The predicted octanol–water partition coefficient (Wildman–Crippen LogP) is 20.5. The first-order valence-electron chi connectivity index (χ1n) is 30.4. The van der Waals surface area contributed by atoms with Gasteiger partial charge in [-0.1, -0.05) is 273 Å². The molecule has 0 fully saturated rings. The largest absolute Gasteiger partial charge is 0.462 e. The molecule has 6 nitrogen and oxygen atoms in total. The van der Waals surface area contributed by atoms with E-state index < -0.39 is 6.10 Å². The number of ether oxygens (including phenoxy) is 3. The molecule has 0 aliphatic heterocycles. The molecular formula is C65H114O6. The number of esters is 3. The molecule has 0 radical (unpaired) electrons. The van der Waals surface area contributed by atoms with Crippen LogP contribution in [-0.2, 0) is 28.6 Å². The third-order valence-corrected chi connectivity index (χ3v) is 13.2. The van der Waals surface area contributed by atoms with Crippen molar-refractivity contribution in [2.45, 2.75) is 309 Å². The van der Waals surface area contributed by atoms with Crippen molar-refractivity contribution in [3.63, 3.8) is 0 Å². The molecule has 0 spiro atoms. The zero-order chi connectivity index (χ0) is 51.4. The van der Waals surface area contributed by atoms with Gasteiger partial charge in [0.1, 0.15) is 13.2 Å². The number of unbranched alkanes of at least 4 members (excludes halogenated alkanes) is 32. The Bertz CT molecular complexity index is 1320. The quantitative estimate of drug-likeness (QED) is 0.0261. The van der Waals surface area contributed by atoms with Crippen LogP contribution in [0.5, 0.6) is 0 Å². The third-order valence-electron chi connectivity index (χ3n) is 13.2. The van der Waals surface area contributed by atoms with Gasteiger partial charge in [0, 0.05) is 19.3 Å². The van der Waals surface area contributed by atoms with E-state index in [1.54, 1.807) is 0 Å². The lowest BCUT2D eigenvalue weighted by molar-refractivity contribution is -0.167. The van der Waals surface area contributed by atoms with Gasteiger partial charge < -0.3 is 14.2 Å². The van der Waals surface area contributed by atoms with Crippen molar-refractivity contribution in [2.75, 3.05) is 13.2 Å². The van der Waals surface area contributed by atoms with E-state index in [2.05, 4.69) is 93.7 Å². The molecule has 410 valence electrons. The Hall–Kier alpha value is -3.15. The van der Waals surface area contributed by atoms with Gasteiger partial charge in [-0.25, -0.2) is 0 Å². The molecule has 0 rings (SSSR count). The Morgan fingerprint density at radius 3 is 0.915 bits per heavy atom. The molecule has 0 aromatic rings. The number of allylic oxidation sites excluding steroid dienone is 12. The zero-order valence-electron chi connectivity index (χ0n) is 47.0. The van der Waals surface area contributed by atoms with E-state index in [1.807, 2.05) is 0 Å². The van der Waals surface area contributed by atoms with Gasteiger partial charge in [0.25, 0.3) is 0 Å². The summed E-state index contributed by atoms with van der Waals surface area (Å²) in [6.45, 7) is 6.51. The summed E-state index contributed by atoms with van der Waals surface area (Å²) >= 11 is 0. The van der Waals surface area contributed by atoms with Crippen LogP contribution in [0.4, 0.5) is 0 Å². The minimum atomic E-state index is -0.782. The molecule has 0 aliphatic rings. The Morgan fingerprint density at radius 1 is 0.296 bits per heavy atom. The van der Waals surface area contributed by atoms with Crippen LogP contribution in [0, 0.1) is 0 Å². The van der Waals surface area contributed by atoms with Crippen molar-refractivity contribution in [3.05, 3.63) is 72.9 Å². The number of carbonyl (C=O) groups excluding carboxylic acids is 3. The lowest BCUT2D eigenvalue weighted by Gasteiger charge is -2.18. The van der Waals surface area contributed by atoms with Gasteiger partial charge in [-0.3, -0.25) is 14.4 Å². The summed E-state index contributed by atoms with van der Waals surface area (Å²) in [6, 6.07) is 0. The van der Waals surface area contributed by atoms with E-state index in [9.17, 15) is 14.4 Å². The van der Waals surface area contributed by atoms with E-state index in [0.717, 1.165) is 103 Å². The minimum absolute atomic E-state index is 0.0809. The first kappa shape index (κ1) is 67.8. The van der Waals surface area contributed by atoms with Gasteiger partial charge >= 0.3 is 17.9 Å². The fourth-order valence-corrected chi connectivity index (χ4v) is 8.63. The summed E-state index contributed by atoms with van der Waals surface area (Å²) in [5.41, 5.74) is 0. The molecule has 0 saturated carbocycles. The van der Waals surface area contributed by atoms with Gasteiger partial charge in [0.15, 0.2) is 6.10 Å². The SMILES string of the molecule is CC/C=C\C/C=C\C/C=C\C/C=C\C/C=C\CCCCCCCCCC(=O)OCC(COC(=O)CCCCCCC/C=C\CCCC)OC(=O)CCCCCCCCCCCCCCCCCCCCC. The molecule has 0 saturated heterocycles. The molecule has 0 aliphatic carbocycles. The number of hydrogen-bond donors (Lipinski definition) is 0. The molecule has 6 heteroatoms. The van der Waals surface area contributed by atoms with Crippen LogP contribution in [0.15, 0.2) is 72.9 Å². The first-order chi connectivity index (χ1) is 35.0. The normalized spacial score (nSPS) is 12.5. The fraction of sp³-hybridized carbons (Fsp3) is 0.769. The van der Waals surface area contributed by atoms with Crippen LogP contribution in [-0.4, -0.2) is 37.2 Å². The summed E-state index contributed by atoms with van der Waals surface area (Å²) in [5.74, 6) is -0.888. The lowest BCUT2D eigenvalue weighted by atomic mass is 10.0. The van der Waals surface area contributed by atoms with Gasteiger partial charge in [-0.05, 0) is 83.5 Å². The molecule has 0 amide bonds. The van der Waals surface area contributed by atoms with Crippen LogP contribution in [0.25, 0.3) is 0 Å². The van der Waals surface area contributed by atoms with Crippen molar-refractivity contribution in [2.24, 2.45) is 0 Å². The summed E-state index contributed by atoms with van der Waals surface area (Å²) in [5, 5.41) is 0. The van der Waals surface area contributed by atoms with Crippen LogP contribution >= 0.6 is 0 Å². The van der Waals surface area contributed by atoms with Crippen LogP contribution in [0.1, 0.15) is 303 Å². The van der Waals surface area contributed by atoms with Crippen molar-refractivity contribution in [1.82, 2.24) is 0 Å². The highest BCUT2D eigenvalue weighted by Gasteiger charge is 2.19. The fourth-order valence-electron chi connectivity index (χ4n) is 8.63. The summed E-state index contributed by atoms with van der Waals surface area (Å²) in [6.07, 6.45) is 76.2. The van der Waals surface area contributed by atoms with Gasteiger partial charge in [-0.2, -0.15) is 0 Å². The average molecular weight is 992 g/mol. The minimum Gasteiger partial charge on any atom is -0.462 e. The molecule has 0 aromatic carbocycles. The van der Waals surface area contributed by atoms with Crippen LogP contribution < -0.4 is 0 Å². The summed E-state index contributed by atoms with van der Waals surface area (Å²) in [7, 11) is 0. The number of carbonyl (C=O) groups is 3. The number of hydrogen-bond acceptors (Lipinski definition) is 6. The Morgan fingerprint density at radius 2 is 0.563 bits per heavy atom. The molecular weight excluding hydrogens is 877 g/mol. The highest BCUT2D eigenvalue weighted by molar-refractivity contribution is 5.71. The second-order valence-corrected chi connectivity index (χ2v) is 20.2. The van der Waals surface area contributed by atoms with Crippen LogP contribution in [0.3, 0.4) is 0 Å². The van der Waals surface area contributed by atoms with Gasteiger partial charge in [-0.15, -0.1) is 0 Å². The highest BCUT2D eigenvalue weighted by Crippen LogP contribution is 2.17. The van der Waals surface area contributed by atoms with Crippen molar-refractivity contribution >= 4 is 17.9 Å². The molecule has 71 heavy (non-hydrogen) atoms. The standard InChI is InChI=1S/C65H114O6/c1-4-7-10-13-16-19-22-24-26-28-30-31-32-33-35-36-38-40-43-46-49-52-55-58-64(67)70-61-62(60-69-63(66)57-54-51-48-45-42-21-18-15-12-9-6-3)71-65(68)59-56-53-50-47-44-41-39-37-34-29-27-25-23-20-17-14-11-8-5-2/h7,10,15-16,18-19,24,26,30-31,33,35,62H,4-6,8-9,11-14,17,20-23,25,27-29,32,34,36-61H2,1-3H3/b10-7-,18-15-,19-16-,26-24-,31-30-,35-33-. The predicted molar refractivity (Wildman–Crippen MR) is 307 cm³/mol. The molecule has 1 unspecified atom stereocenters. The second-order valence-electron chi connectivity index (χ2n) is 20.2. The first-order valence-corrected chi connectivity index (χ1v) is 30.4. The van der Waals surface area contributed by atoms with E-state index in [-0.39, 0.29) is 31.1 Å². The van der Waals surface area contributed by atoms with E-state index >= 15 is 0 Å². The smallest absolute Gasteiger partial charge is 0.306 e. The number of rotatable bonds is 55. The van der Waals surface area contributed by atoms with Gasteiger partial charge in [0.2, 0.25) is 0 Å². The Balaban J connectivity index is 4.31. The Kier molecular flexibility index (Phi) is 56.8. The van der Waals surface area contributed by atoms with E-state index in [1.165, 1.54) is 161 Å².